The molecule has 2 aromatic rings. The number of hydrogen-bond donors (Lipinski definition) is 1. The van der Waals surface area contributed by atoms with Crippen molar-refractivity contribution in [1.82, 2.24) is 4.79 Å². The highest BCUT2D eigenvalue weighted by atomic mass is 19.2. The van der Waals surface area contributed by atoms with Gasteiger partial charge in [-0.2, -0.15) is 9.18 Å². The molecule has 14 heavy (non-hydrogen) atoms. The van der Waals surface area contributed by atoms with E-state index in [1.807, 2.05) is 0 Å². The second kappa shape index (κ2) is 3.38. The van der Waals surface area contributed by atoms with Gasteiger partial charge < -0.3 is 5.73 Å². The van der Waals surface area contributed by atoms with Crippen LogP contribution in [0.5, 0.6) is 0 Å². The molecule has 0 aliphatic carbocycles. The molecule has 0 aliphatic rings. The Morgan fingerprint density at radius 3 is 2.71 bits per heavy atom. The first-order valence-electron chi connectivity index (χ1n) is 4.39. The number of para-hydroxylation sites is 1. The zero-order valence-corrected chi connectivity index (χ0v) is 7.50. The van der Waals surface area contributed by atoms with Gasteiger partial charge in [0.05, 0.1) is 5.52 Å². The summed E-state index contributed by atoms with van der Waals surface area (Å²) in [7, 11) is 0. The zero-order valence-electron chi connectivity index (χ0n) is 7.50. The maximum absolute atomic E-state index is 13.3. The largest absolute Gasteiger partial charge is 0.330 e. The molecule has 0 radical (unpaired) electrons. The smallest absolute Gasteiger partial charge is 0.226 e. The van der Waals surface area contributed by atoms with Crippen LogP contribution < -0.4 is 5.73 Å². The first kappa shape index (κ1) is 9.15. The standard InChI is InChI=1S/C10H10F2N2/c11-10-8(5-6-13)7-3-1-2-4-9(7)14(10)12/h1-4H,5-6,13H2. The average molecular weight is 196 g/mol. The van der Waals surface area contributed by atoms with Crippen LogP contribution >= 0.6 is 0 Å². The Hall–Kier alpha value is -1.42. The summed E-state index contributed by atoms with van der Waals surface area (Å²) >= 11 is 0. The average Bonchev–Trinajstić information content (AvgIpc) is 2.45. The molecule has 0 bridgehead atoms. The van der Waals surface area contributed by atoms with Crippen molar-refractivity contribution in [1.29, 1.82) is 0 Å². The lowest BCUT2D eigenvalue weighted by Crippen LogP contribution is -2.04. The first-order chi connectivity index (χ1) is 6.75. The van der Waals surface area contributed by atoms with Crippen molar-refractivity contribution in [3.8, 4) is 0 Å². The van der Waals surface area contributed by atoms with E-state index in [1.54, 1.807) is 24.3 Å². The summed E-state index contributed by atoms with van der Waals surface area (Å²) in [6.07, 6.45) is 0.350. The number of rotatable bonds is 2. The number of halogens is 2. The van der Waals surface area contributed by atoms with Gasteiger partial charge in [0.25, 0.3) is 0 Å². The molecule has 0 fully saturated rings. The second-order valence-electron chi connectivity index (χ2n) is 3.11. The Balaban J connectivity index is 2.74. The summed E-state index contributed by atoms with van der Waals surface area (Å²) in [5, 5.41) is 0.595. The van der Waals surface area contributed by atoms with Crippen molar-refractivity contribution in [2.45, 2.75) is 6.42 Å². The molecule has 0 amide bonds. The van der Waals surface area contributed by atoms with Crippen LogP contribution in [0.2, 0.25) is 0 Å². The van der Waals surface area contributed by atoms with Gasteiger partial charge in [0.2, 0.25) is 5.95 Å². The van der Waals surface area contributed by atoms with Gasteiger partial charge >= 0.3 is 0 Å². The molecule has 1 aromatic heterocycles. The molecular weight excluding hydrogens is 186 g/mol. The highest BCUT2D eigenvalue weighted by Gasteiger charge is 2.15. The molecule has 74 valence electrons. The Labute approximate surface area is 79.9 Å². The number of fused-ring (bicyclic) bond motifs is 1. The van der Waals surface area contributed by atoms with E-state index in [0.29, 0.717) is 23.9 Å². The van der Waals surface area contributed by atoms with Crippen LogP contribution in [-0.2, 0) is 6.42 Å². The Kier molecular flexibility index (Phi) is 2.21. The minimum Gasteiger partial charge on any atom is -0.330 e. The first-order valence-corrected chi connectivity index (χ1v) is 4.39. The fourth-order valence-electron chi connectivity index (χ4n) is 1.62. The summed E-state index contributed by atoms with van der Waals surface area (Å²) < 4.78 is 26.6. The summed E-state index contributed by atoms with van der Waals surface area (Å²) in [4.78, 5) is 0.0698. The fraction of sp³-hybridized carbons (Fsp3) is 0.200. The molecule has 0 unspecified atom stereocenters. The third-order valence-electron chi connectivity index (χ3n) is 2.26. The normalized spacial score (nSPS) is 11.1. The van der Waals surface area contributed by atoms with E-state index in [4.69, 9.17) is 5.73 Å². The highest BCUT2D eigenvalue weighted by molar-refractivity contribution is 5.83. The molecule has 1 aromatic carbocycles. The SMILES string of the molecule is NCCc1c(F)n(F)c2ccccc12. The van der Waals surface area contributed by atoms with Crippen LogP contribution in [0.25, 0.3) is 10.9 Å². The van der Waals surface area contributed by atoms with Crippen molar-refractivity contribution in [2.75, 3.05) is 6.54 Å². The summed E-state index contributed by atoms with van der Waals surface area (Å²) in [5.41, 5.74) is 5.94. The van der Waals surface area contributed by atoms with Gasteiger partial charge in [0, 0.05) is 10.9 Å². The van der Waals surface area contributed by atoms with E-state index >= 15 is 0 Å². The molecule has 0 atom stereocenters. The second-order valence-corrected chi connectivity index (χ2v) is 3.11. The van der Waals surface area contributed by atoms with Crippen molar-refractivity contribution < 1.29 is 8.87 Å². The topological polar surface area (TPSA) is 30.9 Å². The zero-order chi connectivity index (χ0) is 10.1. The maximum Gasteiger partial charge on any atom is 0.226 e. The third-order valence-corrected chi connectivity index (χ3v) is 2.26. The third kappa shape index (κ3) is 1.19. The van der Waals surface area contributed by atoms with Crippen molar-refractivity contribution >= 4 is 10.9 Å². The van der Waals surface area contributed by atoms with Gasteiger partial charge in [-0.1, -0.05) is 22.7 Å². The van der Waals surface area contributed by atoms with E-state index in [1.165, 1.54) is 0 Å². The number of nitrogens with two attached hydrogens (primary N) is 1. The molecule has 2 rings (SSSR count). The number of nitrogens with zero attached hydrogens (tertiary/aromatic N) is 1. The molecule has 0 saturated carbocycles. The summed E-state index contributed by atoms with van der Waals surface area (Å²) in [6.45, 7) is 0.310. The molecule has 4 heteroatoms. The van der Waals surface area contributed by atoms with Gasteiger partial charge in [-0.3, -0.25) is 0 Å². The van der Waals surface area contributed by atoms with E-state index < -0.39 is 5.95 Å². The predicted octanol–water partition coefficient (Wildman–Crippen LogP) is 2.01. The van der Waals surface area contributed by atoms with Crippen LogP contribution in [0, 0.1) is 5.95 Å². The van der Waals surface area contributed by atoms with E-state index in [9.17, 15) is 8.87 Å². The Morgan fingerprint density at radius 2 is 2.00 bits per heavy atom. The monoisotopic (exact) mass is 196 g/mol. The molecule has 2 nitrogen and oxygen atoms in total. The van der Waals surface area contributed by atoms with Crippen LogP contribution in [0.3, 0.4) is 0 Å². The van der Waals surface area contributed by atoms with Gasteiger partial charge in [0.15, 0.2) is 0 Å². The molecule has 0 spiro atoms. The maximum atomic E-state index is 13.3. The van der Waals surface area contributed by atoms with Gasteiger partial charge in [-0.05, 0) is 19.0 Å². The molecule has 1 heterocycles. The lowest BCUT2D eigenvalue weighted by Gasteiger charge is -1.94. The summed E-state index contributed by atoms with van der Waals surface area (Å²) in [6, 6.07) is 6.66. The quantitative estimate of drug-likeness (QED) is 0.782. The van der Waals surface area contributed by atoms with Crippen LogP contribution in [0.15, 0.2) is 24.3 Å². The Bertz CT molecular complexity index is 462. The van der Waals surface area contributed by atoms with Gasteiger partial charge in [-0.25, -0.2) is 0 Å². The highest BCUT2D eigenvalue weighted by Crippen LogP contribution is 2.25. The van der Waals surface area contributed by atoms with Gasteiger partial charge in [0.1, 0.15) is 0 Å². The summed E-state index contributed by atoms with van der Waals surface area (Å²) in [5.74, 6) is -0.836. The van der Waals surface area contributed by atoms with E-state index in [0.717, 1.165) is 0 Å². The van der Waals surface area contributed by atoms with Crippen LogP contribution in [0.1, 0.15) is 5.56 Å². The van der Waals surface area contributed by atoms with Gasteiger partial charge in [-0.15, -0.1) is 0 Å². The molecule has 2 N–H and O–H groups in total. The lowest BCUT2D eigenvalue weighted by molar-refractivity contribution is 0.310. The minimum absolute atomic E-state index is 0.0698. The van der Waals surface area contributed by atoms with Crippen LogP contribution in [0.4, 0.5) is 8.87 Å². The lowest BCUT2D eigenvalue weighted by atomic mass is 10.1. The Morgan fingerprint density at radius 1 is 1.29 bits per heavy atom. The van der Waals surface area contributed by atoms with E-state index in [-0.39, 0.29) is 10.3 Å². The molecule has 0 saturated heterocycles. The van der Waals surface area contributed by atoms with Crippen molar-refractivity contribution in [3.63, 3.8) is 0 Å². The van der Waals surface area contributed by atoms with Crippen molar-refractivity contribution in [2.24, 2.45) is 5.73 Å². The van der Waals surface area contributed by atoms with Crippen LogP contribution in [-0.4, -0.2) is 11.3 Å². The number of hydrogen-bond acceptors (Lipinski definition) is 1. The fourth-order valence-corrected chi connectivity index (χ4v) is 1.62. The van der Waals surface area contributed by atoms with Crippen molar-refractivity contribution in [3.05, 3.63) is 35.8 Å². The molecule has 0 aliphatic heterocycles. The predicted molar refractivity (Wildman–Crippen MR) is 51.2 cm³/mol. The molecular formula is C10H10F2N2. The number of aromatic nitrogens is 1. The van der Waals surface area contributed by atoms with E-state index in [2.05, 4.69) is 0 Å². The number of benzene rings is 1. The minimum atomic E-state index is -0.836.